The number of hydrogen-bond acceptors (Lipinski definition) is 4. The fourth-order valence-electron chi connectivity index (χ4n) is 3.30. The van der Waals surface area contributed by atoms with Gasteiger partial charge in [0.05, 0.1) is 12.5 Å². The molecule has 0 bridgehead atoms. The summed E-state index contributed by atoms with van der Waals surface area (Å²) in [5, 5.41) is 2.84. The van der Waals surface area contributed by atoms with Crippen molar-refractivity contribution in [1.82, 2.24) is 4.90 Å². The molecule has 0 aromatic heterocycles. The van der Waals surface area contributed by atoms with E-state index in [-0.39, 0.29) is 24.3 Å². The van der Waals surface area contributed by atoms with E-state index in [0.29, 0.717) is 43.4 Å². The first-order valence-electron chi connectivity index (χ1n) is 9.65. The number of fused-ring (bicyclic) bond motifs is 1. The Morgan fingerprint density at radius 2 is 1.75 bits per heavy atom. The first-order chi connectivity index (χ1) is 13.6. The highest BCUT2D eigenvalue weighted by atomic mass is 16.6. The Hall–Kier alpha value is -3.02. The third-order valence-electron chi connectivity index (χ3n) is 4.76. The molecule has 0 saturated carbocycles. The first-order valence-corrected chi connectivity index (χ1v) is 9.65. The van der Waals surface area contributed by atoms with Crippen LogP contribution in [0.4, 0.5) is 5.69 Å². The fraction of sp³-hybridized carbons (Fsp3) is 0.364. The maximum atomic E-state index is 13.0. The summed E-state index contributed by atoms with van der Waals surface area (Å²) in [5.74, 6) is 0.761. The van der Waals surface area contributed by atoms with Crippen LogP contribution in [-0.2, 0) is 9.59 Å². The minimum absolute atomic E-state index is 0.00705. The van der Waals surface area contributed by atoms with E-state index in [9.17, 15) is 9.59 Å². The van der Waals surface area contributed by atoms with Crippen LogP contribution < -0.4 is 14.8 Å². The zero-order valence-electron chi connectivity index (χ0n) is 16.3. The van der Waals surface area contributed by atoms with Gasteiger partial charge >= 0.3 is 0 Å². The van der Waals surface area contributed by atoms with E-state index in [0.717, 1.165) is 5.56 Å². The molecule has 1 heterocycles. The molecule has 1 N–H and O–H groups in total. The van der Waals surface area contributed by atoms with E-state index in [1.54, 1.807) is 23.1 Å². The maximum absolute atomic E-state index is 13.0. The molecule has 0 radical (unpaired) electrons. The standard InChI is InChI=1S/C22H26N2O4/c1-3-18(16-8-6-5-7-9-16)22(26)24(4-2)15-21(25)23-17-10-11-19-20(14-17)28-13-12-27-19/h5-11,14,18H,3-4,12-13,15H2,1-2H3,(H,23,25). The molecule has 6 nitrogen and oxygen atoms in total. The van der Waals surface area contributed by atoms with Crippen molar-refractivity contribution >= 4 is 17.5 Å². The SMILES string of the molecule is CCC(C(=O)N(CC)CC(=O)Nc1ccc2c(c1)OCCO2)c1ccccc1. The molecular weight excluding hydrogens is 356 g/mol. The number of nitrogens with one attached hydrogen (secondary N) is 1. The number of likely N-dealkylation sites (N-methyl/N-ethyl adjacent to an activating group) is 1. The Morgan fingerprint density at radius 3 is 2.43 bits per heavy atom. The number of carbonyl (C=O) groups is 2. The number of anilines is 1. The third kappa shape index (κ3) is 4.63. The summed E-state index contributed by atoms with van der Waals surface area (Å²) in [5.41, 5.74) is 1.59. The molecule has 1 atom stereocenters. The summed E-state index contributed by atoms with van der Waals surface area (Å²) in [6.45, 7) is 5.35. The number of amides is 2. The van der Waals surface area contributed by atoms with Crippen LogP contribution in [0.2, 0.25) is 0 Å². The van der Waals surface area contributed by atoms with Gasteiger partial charge in [0.25, 0.3) is 0 Å². The minimum Gasteiger partial charge on any atom is -0.486 e. The van der Waals surface area contributed by atoms with Crippen molar-refractivity contribution < 1.29 is 19.1 Å². The summed E-state index contributed by atoms with van der Waals surface area (Å²) in [6.07, 6.45) is 0.684. The van der Waals surface area contributed by atoms with Gasteiger partial charge in [-0.1, -0.05) is 37.3 Å². The van der Waals surface area contributed by atoms with E-state index in [4.69, 9.17) is 9.47 Å². The van der Waals surface area contributed by atoms with Gasteiger partial charge in [-0.3, -0.25) is 9.59 Å². The van der Waals surface area contributed by atoms with E-state index in [1.165, 1.54) is 0 Å². The molecule has 1 aliphatic rings. The number of carbonyl (C=O) groups excluding carboxylic acids is 2. The van der Waals surface area contributed by atoms with Gasteiger partial charge in [-0.2, -0.15) is 0 Å². The largest absolute Gasteiger partial charge is 0.486 e. The van der Waals surface area contributed by atoms with Crippen LogP contribution in [0.15, 0.2) is 48.5 Å². The van der Waals surface area contributed by atoms with Gasteiger partial charge in [0.2, 0.25) is 11.8 Å². The molecule has 0 fully saturated rings. The van der Waals surface area contributed by atoms with Gasteiger partial charge in [0, 0.05) is 18.3 Å². The third-order valence-corrected chi connectivity index (χ3v) is 4.76. The molecule has 2 aromatic carbocycles. The van der Waals surface area contributed by atoms with Crippen LogP contribution in [-0.4, -0.2) is 43.0 Å². The van der Waals surface area contributed by atoms with Gasteiger partial charge in [0.1, 0.15) is 13.2 Å². The fourth-order valence-corrected chi connectivity index (χ4v) is 3.30. The van der Waals surface area contributed by atoms with E-state index in [1.807, 2.05) is 44.2 Å². The molecule has 1 unspecified atom stereocenters. The van der Waals surface area contributed by atoms with Crippen LogP contribution in [0.5, 0.6) is 11.5 Å². The van der Waals surface area contributed by atoms with Crippen molar-refractivity contribution in [3.05, 3.63) is 54.1 Å². The van der Waals surface area contributed by atoms with Gasteiger partial charge in [0.15, 0.2) is 11.5 Å². The summed E-state index contributed by atoms with van der Waals surface area (Å²) in [7, 11) is 0. The summed E-state index contributed by atoms with van der Waals surface area (Å²) < 4.78 is 11.0. The highest BCUT2D eigenvalue weighted by Gasteiger charge is 2.25. The number of benzene rings is 2. The topological polar surface area (TPSA) is 67.9 Å². The molecule has 148 valence electrons. The predicted molar refractivity (Wildman–Crippen MR) is 108 cm³/mol. The Labute approximate surface area is 165 Å². The maximum Gasteiger partial charge on any atom is 0.243 e. The lowest BCUT2D eigenvalue weighted by Gasteiger charge is -2.25. The molecule has 0 spiro atoms. The Morgan fingerprint density at radius 1 is 1.04 bits per heavy atom. The van der Waals surface area contributed by atoms with Crippen molar-refractivity contribution in [3.8, 4) is 11.5 Å². The second-order valence-electron chi connectivity index (χ2n) is 6.63. The minimum atomic E-state index is -0.247. The van der Waals surface area contributed by atoms with Gasteiger partial charge in [-0.05, 0) is 31.0 Å². The summed E-state index contributed by atoms with van der Waals surface area (Å²) in [4.78, 5) is 27.1. The van der Waals surface area contributed by atoms with Crippen molar-refractivity contribution in [2.45, 2.75) is 26.2 Å². The number of hydrogen-bond donors (Lipinski definition) is 1. The van der Waals surface area contributed by atoms with E-state index < -0.39 is 0 Å². The van der Waals surface area contributed by atoms with Crippen LogP contribution in [0.1, 0.15) is 31.7 Å². The number of ether oxygens (including phenoxy) is 2. The van der Waals surface area contributed by atoms with Crippen LogP contribution in [0.25, 0.3) is 0 Å². The smallest absolute Gasteiger partial charge is 0.243 e. The highest BCUT2D eigenvalue weighted by molar-refractivity contribution is 5.95. The molecule has 2 amide bonds. The zero-order chi connectivity index (χ0) is 19.9. The van der Waals surface area contributed by atoms with Crippen molar-refractivity contribution in [1.29, 1.82) is 0 Å². The molecular formula is C22H26N2O4. The Kier molecular flexibility index (Phi) is 6.53. The quantitative estimate of drug-likeness (QED) is 0.797. The molecule has 3 rings (SSSR count). The van der Waals surface area contributed by atoms with Crippen molar-refractivity contribution in [2.75, 3.05) is 31.6 Å². The average Bonchev–Trinajstić information content (AvgIpc) is 2.73. The Balaban J connectivity index is 1.65. The number of rotatable bonds is 7. The second-order valence-corrected chi connectivity index (χ2v) is 6.63. The highest BCUT2D eigenvalue weighted by Crippen LogP contribution is 2.32. The normalized spacial score (nSPS) is 13.5. The molecule has 1 aliphatic heterocycles. The predicted octanol–water partition coefficient (Wildman–Crippen LogP) is 3.44. The van der Waals surface area contributed by atoms with Crippen LogP contribution >= 0.6 is 0 Å². The Bertz CT molecular complexity index is 823. The lowest BCUT2D eigenvalue weighted by molar-refractivity contribution is -0.135. The monoisotopic (exact) mass is 382 g/mol. The zero-order valence-corrected chi connectivity index (χ0v) is 16.3. The summed E-state index contributed by atoms with van der Waals surface area (Å²) in [6, 6.07) is 15.0. The van der Waals surface area contributed by atoms with Crippen molar-refractivity contribution in [2.24, 2.45) is 0 Å². The molecule has 0 saturated heterocycles. The lowest BCUT2D eigenvalue weighted by Crippen LogP contribution is -2.40. The molecule has 6 heteroatoms. The van der Waals surface area contributed by atoms with Gasteiger partial charge < -0.3 is 19.7 Å². The van der Waals surface area contributed by atoms with E-state index in [2.05, 4.69) is 5.32 Å². The first kappa shape index (κ1) is 19.7. The molecule has 0 aliphatic carbocycles. The van der Waals surface area contributed by atoms with Gasteiger partial charge in [-0.25, -0.2) is 0 Å². The van der Waals surface area contributed by atoms with E-state index >= 15 is 0 Å². The summed E-state index contributed by atoms with van der Waals surface area (Å²) >= 11 is 0. The number of nitrogens with zero attached hydrogens (tertiary/aromatic N) is 1. The molecule has 2 aromatic rings. The second kappa shape index (κ2) is 9.26. The average molecular weight is 382 g/mol. The molecule has 28 heavy (non-hydrogen) atoms. The van der Waals surface area contributed by atoms with Crippen LogP contribution in [0.3, 0.4) is 0 Å². The van der Waals surface area contributed by atoms with Gasteiger partial charge in [-0.15, -0.1) is 0 Å². The van der Waals surface area contributed by atoms with Crippen molar-refractivity contribution in [3.63, 3.8) is 0 Å². The van der Waals surface area contributed by atoms with Crippen LogP contribution in [0, 0.1) is 0 Å². The lowest BCUT2D eigenvalue weighted by atomic mass is 9.95.